The molecule has 0 unspecified atom stereocenters. The van der Waals surface area contributed by atoms with Gasteiger partial charge in [-0.1, -0.05) is 60.7 Å². The smallest absolute Gasteiger partial charge is 0.221 e. The Kier molecular flexibility index (Phi) is 7.53. The Bertz CT molecular complexity index is 1000. The topological polar surface area (TPSA) is 63.2 Å². The molecule has 0 radical (unpaired) electrons. The van der Waals surface area contributed by atoms with Crippen molar-refractivity contribution in [2.75, 3.05) is 0 Å². The van der Waals surface area contributed by atoms with E-state index in [9.17, 15) is 14.4 Å². The predicted molar refractivity (Wildman–Crippen MR) is 124 cm³/mol. The average Bonchev–Trinajstić information content (AvgIpc) is 3.23. The monoisotopic (exact) mass is 433 g/mol. The quantitative estimate of drug-likeness (QED) is 0.433. The molecule has 2 aromatic carbocycles. The Hall–Kier alpha value is -3.05. The van der Waals surface area contributed by atoms with E-state index in [1.54, 1.807) is 6.07 Å². The third-order valence-corrected chi connectivity index (χ3v) is 6.41. The number of thiophene rings is 1. The highest BCUT2D eigenvalue weighted by molar-refractivity contribution is 7.14. The van der Waals surface area contributed by atoms with Crippen molar-refractivity contribution < 1.29 is 14.4 Å². The maximum atomic E-state index is 12.7. The molecular formula is C26H27NO3S. The van der Waals surface area contributed by atoms with Crippen LogP contribution >= 0.6 is 11.3 Å². The summed E-state index contributed by atoms with van der Waals surface area (Å²) in [5.41, 5.74) is 1.24. The summed E-state index contributed by atoms with van der Waals surface area (Å²) in [6.45, 7) is 3.92. The molecule has 0 bridgehead atoms. The maximum absolute atomic E-state index is 12.7. The second-order valence-corrected chi connectivity index (χ2v) is 9.07. The summed E-state index contributed by atoms with van der Waals surface area (Å²) in [5, 5.41) is 3.12. The van der Waals surface area contributed by atoms with Crippen LogP contribution in [-0.2, 0) is 15.1 Å². The zero-order valence-corrected chi connectivity index (χ0v) is 18.7. The van der Waals surface area contributed by atoms with E-state index in [0.717, 1.165) is 16.0 Å². The molecule has 1 heterocycles. The van der Waals surface area contributed by atoms with Gasteiger partial charge in [0.2, 0.25) is 5.91 Å². The molecule has 0 fully saturated rings. The molecule has 1 N–H and O–H groups in total. The first-order valence-electron chi connectivity index (χ1n) is 10.4. The third-order valence-electron chi connectivity index (χ3n) is 5.37. The number of rotatable bonds is 10. The van der Waals surface area contributed by atoms with Crippen LogP contribution in [0.15, 0.2) is 72.8 Å². The van der Waals surface area contributed by atoms with Gasteiger partial charge in [-0.2, -0.15) is 0 Å². The van der Waals surface area contributed by atoms with E-state index < -0.39 is 5.54 Å². The largest absolute Gasteiger partial charge is 0.343 e. The number of Topliss-reactive ketones (excluding diaryl/α,β-unsaturated/α-hetero) is 2. The molecule has 0 saturated carbocycles. The zero-order valence-electron chi connectivity index (χ0n) is 17.9. The molecule has 1 aromatic heterocycles. The van der Waals surface area contributed by atoms with Gasteiger partial charge in [0.1, 0.15) is 5.78 Å². The van der Waals surface area contributed by atoms with Crippen molar-refractivity contribution in [1.29, 1.82) is 0 Å². The van der Waals surface area contributed by atoms with Crippen molar-refractivity contribution >= 4 is 28.8 Å². The zero-order chi connectivity index (χ0) is 22.3. The predicted octanol–water partition coefficient (Wildman–Crippen LogP) is 5.45. The number of benzene rings is 2. The van der Waals surface area contributed by atoms with E-state index in [2.05, 4.69) is 5.32 Å². The van der Waals surface area contributed by atoms with Crippen LogP contribution in [-0.4, -0.2) is 17.5 Å². The van der Waals surface area contributed by atoms with Crippen LogP contribution in [0.25, 0.3) is 0 Å². The van der Waals surface area contributed by atoms with E-state index in [-0.39, 0.29) is 43.2 Å². The number of nitrogens with one attached hydrogen (secondary N) is 1. The molecule has 0 atom stereocenters. The first kappa shape index (κ1) is 22.6. The van der Waals surface area contributed by atoms with Crippen LogP contribution in [0.4, 0.5) is 0 Å². The normalized spacial score (nSPS) is 11.2. The highest BCUT2D eigenvalue weighted by Gasteiger charge is 2.30. The summed E-state index contributed by atoms with van der Waals surface area (Å²) < 4.78 is 0. The third kappa shape index (κ3) is 5.98. The fraction of sp³-hybridized carbons (Fsp3) is 0.269. The van der Waals surface area contributed by atoms with Crippen molar-refractivity contribution in [3.05, 3.63) is 93.7 Å². The van der Waals surface area contributed by atoms with Gasteiger partial charge >= 0.3 is 0 Å². The number of carbonyl (C=O) groups is 3. The number of ketones is 2. The van der Waals surface area contributed by atoms with Crippen molar-refractivity contribution in [2.45, 2.75) is 45.1 Å². The maximum Gasteiger partial charge on any atom is 0.221 e. The van der Waals surface area contributed by atoms with E-state index in [0.29, 0.717) is 4.88 Å². The first-order valence-corrected chi connectivity index (χ1v) is 11.2. The van der Waals surface area contributed by atoms with Gasteiger partial charge < -0.3 is 5.32 Å². The lowest BCUT2D eigenvalue weighted by atomic mass is 9.84. The van der Waals surface area contributed by atoms with Gasteiger partial charge in [0.25, 0.3) is 0 Å². The highest BCUT2D eigenvalue weighted by atomic mass is 32.1. The minimum atomic E-state index is -0.699. The van der Waals surface area contributed by atoms with Gasteiger partial charge in [0.15, 0.2) is 5.78 Å². The highest BCUT2D eigenvalue weighted by Crippen LogP contribution is 2.29. The summed E-state index contributed by atoms with van der Waals surface area (Å²) in [6, 6.07) is 23.3. The lowest BCUT2D eigenvalue weighted by Crippen LogP contribution is -2.44. The number of hydrogen-bond donors (Lipinski definition) is 1. The Morgan fingerprint density at radius 1 is 0.774 bits per heavy atom. The number of aryl methyl sites for hydroxylation is 1. The van der Waals surface area contributed by atoms with E-state index in [1.807, 2.05) is 80.6 Å². The molecule has 31 heavy (non-hydrogen) atoms. The van der Waals surface area contributed by atoms with Crippen LogP contribution in [0.5, 0.6) is 0 Å². The standard InChI is InChI=1S/C26H27NO3S/c1-19-13-17-24(31-19)23(29)16-14-22(28)15-18-25(30)27-26(2,20-9-5-3-6-10-20)21-11-7-4-8-12-21/h3-13,17H,14-16,18H2,1-2H3,(H,27,30). The molecule has 3 rings (SSSR count). The Labute approximate surface area is 187 Å². The van der Waals surface area contributed by atoms with Gasteiger partial charge in [-0.05, 0) is 37.1 Å². The lowest BCUT2D eigenvalue weighted by molar-refractivity contribution is -0.126. The first-order chi connectivity index (χ1) is 14.9. The molecule has 0 aliphatic carbocycles. The van der Waals surface area contributed by atoms with Crippen LogP contribution in [0, 0.1) is 6.92 Å². The minimum absolute atomic E-state index is 0.0170. The van der Waals surface area contributed by atoms with Crippen LogP contribution < -0.4 is 5.32 Å². The fourth-order valence-corrected chi connectivity index (χ4v) is 4.37. The van der Waals surface area contributed by atoms with Gasteiger partial charge in [-0.25, -0.2) is 0 Å². The molecule has 0 aliphatic heterocycles. The Balaban J connectivity index is 1.57. The number of amides is 1. The molecule has 4 nitrogen and oxygen atoms in total. The van der Waals surface area contributed by atoms with Gasteiger partial charge in [-0.3, -0.25) is 14.4 Å². The van der Waals surface area contributed by atoms with Crippen LogP contribution in [0.2, 0.25) is 0 Å². The molecule has 3 aromatic rings. The van der Waals surface area contributed by atoms with Crippen molar-refractivity contribution in [3.63, 3.8) is 0 Å². The molecule has 0 aliphatic rings. The van der Waals surface area contributed by atoms with Gasteiger partial charge in [-0.15, -0.1) is 11.3 Å². The second-order valence-electron chi connectivity index (χ2n) is 7.78. The van der Waals surface area contributed by atoms with E-state index in [4.69, 9.17) is 0 Å². The Morgan fingerprint density at radius 3 is 1.84 bits per heavy atom. The summed E-state index contributed by atoms with van der Waals surface area (Å²) >= 11 is 1.44. The van der Waals surface area contributed by atoms with Gasteiger partial charge in [0, 0.05) is 30.6 Å². The van der Waals surface area contributed by atoms with E-state index >= 15 is 0 Å². The molecule has 1 amide bonds. The SMILES string of the molecule is Cc1ccc(C(=O)CCC(=O)CCC(=O)NC(C)(c2ccccc2)c2ccccc2)s1. The second kappa shape index (κ2) is 10.3. The van der Waals surface area contributed by atoms with E-state index in [1.165, 1.54) is 11.3 Å². The summed E-state index contributed by atoms with van der Waals surface area (Å²) in [4.78, 5) is 38.9. The molecular weight excluding hydrogens is 406 g/mol. The summed E-state index contributed by atoms with van der Waals surface area (Å²) in [6.07, 6.45) is 0.576. The minimum Gasteiger partial charge on any atom is -0.343 e. The van der Waals surface area contributed by atoms with Crippen LogP contribution in [0.1, 0.15) is 58.3 Å². The molecule has 5 heteroatoms. The van der Waals surface area contributed by atoms with Crippen molar-refractivity contribution in [2.24, 2.45) is 0 Å². The molecule has 0 spiro atoms. The van der Waals surface area contributed by atoms with Gasteiger partial charge in [0.05, 0.1) is 10.4 Å². The average molecular weight is 434 g/mol. The molecule has 0 saturated heterocycles. The number of carbonyl (C=O) groups excluding carboxylic acids is 3. The van der Waals surface area contributed by atoms with Crippen molar-refractivity contribution in [1.82, 2.24) is 5.32 Å². The lowest BCUT2D eigenvalue weighted by Gasteiger charge is -2.32. The molecule has 160 valence electrons. The summed E-state index contributed by atoms with van der Waals surface area (Å²) in [5.74, 6) is -0.279. The fourth-order valence-electron chi connectivity index (χ4n) is 3.53. The van der Waals surface area contributed by atoms with Crippen LogP contribution in [0.3, 0.4) is 0 Å². The van der Waals surface area contributed by atoms with Crippen molar-refractivity contribution in [3.8, 4) is 0 Å². The number of hydrogen-bond acceptors (Lipinski definition) is 4. The summed E-state index contributed by atoms with van der Waals surface area (Å²) in [7, 11) is 0. The Morgan fingerprint density at radius 2 is 1.32 bits per heavy atom.